The Morgan fingerprint density at radius 3 is 2.63 bits per heavy atom. The number of hydrogen-bond donors (Lipinski definition) is 0. The van der Waals surface area contributed by atoms with Crippen molar-refractivity contribution in [1.29, 1.82) is 0 Å². The van der Waals surface area contributed by atoms with Gasteiger partial charge in [0.15, 0.2) is 0 Å². The lowest BCUT2D eigenvalue weighted by Crippen LogP contribution is -2.09. The number of hydrogen-bond acceptors (Lipinski definition) is 3. The molecule has 0 spiro atoms. The van der Waals surface area contributed by atoms with Crippen LogP contribution in [0.1, 0.15) is 16.2 Å². The summed E-state index contributed by atoms with van der Waals surface area (Å²) in [6.45, 7) is 0. The Morgan fingerprint density at radius 2 is 1.89 bits per heavy atom. The third-order valence-corrected chi connectivity index (χ3v) is 2.92. The van der Waals surface area contributed by atoms with Crippen molar-refractivity contribution in [1.82, 2.24) is 14.4 Å². The molecule has 0 atom stereocenters. The second kappa shape index (κ2) is 4.44. The van der Waals surface area contributed by atoms with E-state index < -0.39 is 11.6 Å². The van der Waals surface area contributed by atoms with Crippen LogP contribution in [0.15, 0.2) is 42.6 Å². The van der Waals surface area contributed by atoms with Crippen LogP contribution in [0, 0.1) is 5.82 Å². The van der Waals surface area contributed by atoms with Gasteiger partial charge in [-0.1, -0.05) is 0 Å². The van der Waals surface area contributed by atoms with Gasteiger partial charge in [0.25, 0.3) is 0 Å². The minimum atomic E-state index is -0.405. The van der Waals surface area contributed by atoms with Crippen LogP contribution in [0.5, 0.6) is 0 Å². The molecule has 4 nitrogen and oxygen atoms in total. The molecule has 0 radical (unpaired) electrons. The Kier molecular flexibility index (Phi) is 2.76. The Labute approximate surface area is 112 Å². The van der Waals surface area contributed by atoms with Gasteiger partial charge in [-0.25, -0.2) is 9.37 Å². The zero-order valence-corrected chi connectivity index (χ0v) is 10.3. The molecule has 6 heteroatoms. The SMILES string of the molecule is O=C(c1ccc(F)cc1)c1nc(Cl)n2cccc2n1. The van der Waals surface area contributed by atoms with Crippen molar-refractivity contribution in [2.75, 3.05) is 0 Å². The Morgan fingerprint density at radius 1 is 1.16 bits per heavy atom. The number of halogens is 2. The van der Waals surface area contributed by atoms with Gasteiger partial charge in [-0.15, -0.1) is 0 Å². The molecule has 0 bridgehead atoms. The Hall–Kier alpha value is -2.27. The number of rotatable bonds is 2. The number of aromatic nitrogens is 3. The first-order chi connectivity index (χ1) is 9.15. The molecule has 0 fully saturated rings. The summed E-state index contributed by atoms with van der Waals surface area (Å²) in [4.78, 5) is 20.2. The molecule has 0 saturated carbocycles. The maximum atomic E-state index is 12.8. The fourth-order valence-electron chi connectivity index (χ4n) is 1.73. The number of benzene rings is 1. The van der Waals surface area contributed by atoms with E-state index in [1.54, 1.807) is 22.7 Å². The minimum absolute atomic E-state index is 0.0113. The summed E-state index contributed by atoms with van der Waals surface area (Å²) in [6.07, 6.45) is 1.70. The first-order valence-electron chi connectivity index (χ1n) is 5.46. The molecular formula is C13H7ClFN3O. The summed E-state index contributed by atoms with van der Waals surface area (Å²) < 4.78 is 14.4. The highest BCUT2D eigenvalue weighted by atomic mass is 35.5. The first-order valence-corrected chi connectivity index (χ1v) is 5.84. The topological polar surface area (TPSA) is 47.3 Å². The highest BCUT2D eigenvalue weighted by Gasteiger charge is 2.15. The van der Waals surface area contributed by atoms with E-state index in [0.717, 1.165) is 0 Å². The lowest BCUT2D eigenvalue weighted by molar-refractivity contribution is 0.102. The van der Waals surface area contributed by atoms with Gasteiger partial charge in [-0.05, 0) is 48.0 Å². The molecule has 3 rings (SSSR count). The normalized spacial score (nSPS) is 10.8. The van der Waals surface area contributed by atoms with E-state index in [0.29, 0.717) is 11.2 Å². The van der Waals surface area contributed by atoms with Gasteiger partial charge in [0.2, 0.25) is 16.9 Å². The molecule has 19 heavy (non-hydrogen) atoms. The fraction of sp³-hybridized carbons (Fsp3) is 0. The largest absolute Gasteiger partial charge is 0.285 e. The van der Waals surface area contributed by atoms with Gasteiger partial charge >= 0.3 is 0 Å². The van der Waals surface area contributed by atoms with Gasteiger partial charge in [0, 0.05) is 11.8 Å². The number of carbonyl (C=O) groups excluding carboxylic acids is 1. The van der Waals surface area contributed by atoms with Crippen LogP contribution in [0.25, 0.3) is 5.65 Å². The minimum Gasteiger partial charge on any atom is -0.285 e. The average Bonchev–Trinajstić information content (AvgIpc) is 2.87. The van der Waals surface area contributed by atoms with Crippen molar-refractivity contribution >= 4 is 23.0 Å². The van der Waals surface area contributed by atoms with Crippen molar-refractivity contribution in [3.8, 4) is 0 Å². The zero-order chi connectivity index (χ0) is 13.4. The predicted molar refractivity (Wildman–Crippen MR) is 67.8 cm³/mol. The van der Waals surface area contributed by atoms with E-state index in [1.807, 2.05) is 0 Å². The second-order valence-corrected chi connectivity index (χ2v) is 4.23. The van der Waals surface area contributed by atoms with E-state index in [9.17, 15) is 9.18 Å². The quantitative estimate of drug-likeness (QED) is 0.676. The van der Waals surface area contributed by atoms with Gasteiger partial charge in [-0.3, -0.25) is 9.20 Å². The monoisotopic (exact) mass is 275 g/mol. The predicted octanol–water partition coefficient (Wildman–Crippen LogP) is 2.75. The molecule has 0 saturated heterocycles. The van der Waals surface area contributed by atoms with Crippen LogP contribution >= 0.6 is 11.6 Å². The van der Waals surface area contributed by atoms with Crippen molar-refractivity contribution in [3.05, 3.63) is 65.1 Å². The van der Waals surface area contributed by atoms with Crippen molar-refractivity contribution in [3.63, 3.8) is 0 Å². The van der Waals surface area contributed by atoms with Crippen LogP contribution in [-0.4, -0.2) is 20.2 Å². The van der Waals surface area contributed by atoms with Crippen LogP contribution in [0.4, 0.5) is 4.39 Å². The van der Waals surface area contributed by atoms with Gasteiger partial charge in [-0.2, -0.15) is 4.98 Å². The van der Waals surface area contributed by atoms with Gasteiger partial charge < -0.3 is 0 Å². The van der Waals surface area contributed by atoms with Crippen LogP contribution in [-0.2, 0) is 0 Å². The number of fused-ring (bicyclic) bond motifs is 1. The van der Waals surface area contributed by atoms with E-state index in [4.69, 9.17) is 11.6 Å². The summed E-state index contributed by atoms with van der Waals surface area (Å²) in [5, 5.41) is 0.153. The summed E-state index contributed by atoms with van der Waals surface area (Å²) in [5.74, 6) is -0.814. The smallest absolute Gasteiger partial charge is 0.230 e. The molecule has 94 valence electrons. The molecule has 3 aromatic rings. The summed E-state index contributed by atoms with van der Waals surface area (Å²) in [7, 11) is 0. The van der Waals surface area contributed by atoms with Crippen molar-refractivity contribution in [2.24, 2.45) is 0 Å². The van der Waals surface area contributed by atoms with Gasteiger partial charge in [0.1, 0.15) is 11.5 Å². The van der Waals surface area contributed by atoms with Gasteiger partial charge in [0.05, 0.1) is 0 Å². The molecule has 0 amide bonds. The summed E-state index contributed by atoms with van der Waals surface area (Å²) in [5.41, 5.74) is 0.846. The maximum Gasteiger partial charge on any atom is 0.230 e. The van der Waals surface area contributed by atoms with E-state index in [1.165, 1.54) is 24.3 Å². The van der Waals surface area contributed by atoms with E-state index in [2.05, 4.69) is 9.97 Å². The van der Waals surface area contributed by atoms with E-state index >= 15 is 0 Å². The third-order valence-electron chi connectivity index (χ3n) is 2.65. The average molecular weight is 276 g/mol. The number of ketones is 1. The highest BCUT2D eigenvalue weighted by molar-refractivity contribution is 6.28. The molecule has 0 N–H and O–H groups in total. The van der Waals surface area contributed by atoms with Crippen LogP contribution in [0.3, 0.4) is 0 Å². The Bertz CT molecular complexity index is 767. The standard InChI is InChI=1S/C13H7ClFN3O/c14-13-17-12(16-10-2-1-7-18(10)13)11(19)8-3-5-9(15)6-4-8/h1-7H. The summed E-state index contributed by atoms with van der Waals surface area (Å²) in [6, 6.07) is 8.67. The molecule has 2 heterocycles. The maximum absolute atomic E-state index is 12.8. The zero-order valence-electron chi connectivity index (χ0n) is 9.55. The molecule has 0 aliphatic rings. The molecular weight excluding hydrogens is 269 g/mol. The highest BCUT2D eigenvalue weighted by Crippen LogP contribution is 2.13. The number of nitrogens with zero attached hydrogens (tertiary/aromatic N) is 3. The van der Waals surface area contributed by atoms with Crippen LogP contribution in [0.2, 0.25) is 5.28 Å². The lowest BCUT2D eigenvalue weighted by atomic mass is 10.1. The Balaban J connectivity index is 2.08. The molecule has 0 aliphatic carbocycles. The lowest BCUT2D eigenvalue weighted by Gasteiger charge is -2.02. The summed E-state index contributed by atoms with van der Waals surface area (Å²) >= 11 is 5.96. The van der Waals surface area contributed by atoms with Crippen molar-refractivity contribution < 1.29 is 9.18 Å². The number of carbonyl (C=O) groups is 1. The molecule has 0 aliphatic heterocycles. The van der Waals surface area contributed by atoms with E-state index in [-0.39, 0.29) is 11.1 Å². The van der Waals surface area contributed by atoms with Crippen molar-refractivity contribution in [2.45, 2.75) is 0 Å². The second-order valence-electron chi connectivity index (χ2n) is 3.89. The molecule has 2 aromatic heterocycles. The first kappa shape index (κ1) is 11.8. The third kappa shape index (κ3) is 2.08. The molecule has 1 aromatic carbocycles. The fourth-order valence-corrected chi connectivity index (χ4v) is 1.95. The molecule has 0 unspecified atom stereocenters. The van der Waals surface area contributed by atoms with Crippen LogP contribution < -0.4 is 0 Å².